The van der Waals surface area contributed by atoms with Gasteiger partial charge in [0, 0.05) is 3.92 Å². The van der Waals surface area contributed by atoms with Gasteiger partial charge < -0.3 is 10.8 Å². The second-order valence-corrected chi connectivity index (χ2v) is 4.61. The highest BCUT2D eigenvalue weighted by molar-refractivity contribution is 14.1. The highest BCUT2D eigenvalue weighted by Gasteiger charge is 2.34. The normalized spacial score (nSPS) is 41.7. The number of nitrogens with two attached hydrogens (primary N) is 1. The average Bonchev–Trinajstić information content (AvgIpc) is 1.96. The van der Waals surface area contributed by atoms with E-state index in [4.69, 9.17) is 10.8 Å². The number of alkyl halides is 1. The molecular formula is C7H14INO. The molecule has 60 valence electrons. The predicted molar refractivity (Wildman–Crippen MR) is 50.3 cm³/mol. The van der Waals surface area contributed by atoms with Crippen molar-refractivity contribution in [1.82, 2.24) is 0 Å². The van der Waals surface area contributed by atoms with Crippen molar-refractivity contribution < 1.29 is 5.11 Å². The fourth-order valence-corrected chi connectivity index (χ4v) is 2.35. The first kappa shape index (κ1) is 8.74. The molecule has 1 rings (SSSR count). The molecule has 0 aromatic carbocycles. The zero-order valence-electron chi connectivity index (χ0n) is 6.02. The summed E-state index contributed by atoms with van der Waals surface area (Å²) in [5, 5.41) is 8.99. The van der Waals surface area contributed by atoms with Gasteiger partial charge in [-0.3, -0.25) is 0 Å². The molecule has 0 radical (unpaired) electrons. The molecule has 3 heteroatoms. The average molecular weight is 255 g/mol. The van der Waals surface area contributed by atoms with Crippen molar-refractivity contribution in [3.8, 4) is 0 Å². The topological polar surface area (TPSA) is 46.2 Å². The van der Waals surface area contributed by atoms with Crippen molar-refractivity contribution in [1.29, 1.82) is 0 Å². The van der Waals surface area contributed by atoms with Crippen LogP contribution in [0.4, 0.5) is 0 Å². The van der Waals surface area contributed by atoms with Gasteiger partial charge in [0.05, 0.1) is 12.1 Å². The fraction of sp³-hybridized carbons (Fsp3) is 1.00. The zero-order chi connectivity index (χ0) is 7.61. The molecule has 1 saturated carbocycles. The zero-order valence-corrected chi connectivity index (χ0v) is 8.17. The molecule has 0 aliphatic heterocycles. The summed E-state index contributed by atoms with van der Waals surface area (Å²) >= 11 is 2.35. The fourth-order valence-electron chi connectivity index (χ4n) is 1.40. The molecule has 0 amide bonds. The maximum absolute atomic E-state index is 8.99. The molecule has 1 fully saturated rings. The smallest absolute Gasteiger partial charge is 0.0621 e. The van der Waals surface area contributed by atoms with Crippen LogP contribution in [0.2, 0.25) is 0 Å². The first-order valence-corrected chi connectivity index (χ1v) is 4.97. The SMILES string of the molecule is N[C@]1(CO)CCCC[C@H]1I. The van der Waals surface area contributed by atoms with Crippen LogP contribution in [-0.2, 0) is 0 Å². The molecule has 10 heavy (non-hydrogen) atoms. The number of rotatable bonds is 1. The second kappa shape index (κ2) is 3.36. The molecule has 0 bridgehead atoms. The highest BCUT2D eigenvalue weighted by atomic mass is 127. The van der Waals surface area contributed by atoms with Crippen molar-refractivity contribution >= 4 is 22.6 Å². The van der Waals surface area contributed by atoms with E-state index in [9.17, 15) is 0 Å². The van der Waals surface area contributed by atoms with Crippen LogP contribution >= 0.6 is 22.6 Å². The van der Waals surface area contributed by atoms with Gasteiger partial charge in [-0.1, -0.05) is 35.4 Å². The third-order valence-electron chi connectivity index (χ3n) is 2.27. The quantitative estimate of drug-likeness (QED) is 0.543. The number of hydrogen-bond donors (Lipinski definition) is 2. The van der Waals surface area contributed by atoms with Crippen molar-refractivity contribution in [3.05, 3.63) is 0 Å². The lowest BCUT2D eigenvalue weighted by molar-refractivity contribution is 0.167. The van der Waals surface area contributed by atoms with Crippen LogP contribution in [-0.4, -0.2) is 21.2 Å². The molecule has 0 heterocycles. The molecule has 2 atom stereocenters. The van der Waals surface area contributed by atoms with Gasteiger partial charge in [0.15, 0.2) is 0 Å². The third kappa shape index (κ3) is 1.62. The maximum atomic E-state index is 8.99. The van der Waals surface area contributed by atoms with Crippen molar-refractivity contribution in [3.63, 3.8) is 0 Å². The first-order chi connectivity index (χ1) is 4.69. The van der Waals surface area contributed by atoms with E-state index < -0.39 is 0 Å². The summed E-state index contributed by atoms with van der Waals surface area (Å²) in [7, 11) is 0. The Balaban J connectivity index is 2.54. The van der Waals surface area contributed by atoms with E-state index in [-0.39, 0.29) is 12.1 Å². The van der Waals surface area contributed by atoms with Crippen LogP contribution in [0.1, 0.15) is 25.7 Å². The number of aliphatic hydroxyl groups is 1. The summed E-state index contributed by atoms with van der Waals surface area (Å²) in [5.74, 6) is 0. The standard InChI is InChI=1S/C7H14INO/c8-6-3-1-2-4-7(6,9)5-10/h6,10H,1-5,9H2/t6-,7+/m1/s1. The lowest BCUT2D eigenvalue weighted by Crippen LogP contribution is -2.53. The monoisotopic (exact) mass is 255 g/mol. The maximum Gasteiger partial charge on any atom is 0.0621 e. The van der Waals surface area contributed by atoms with Crippen LogP contribution in [0.15, 0.2) is 0 Å². The number of aliphatic hydroxyl groups excluding tert-OH is 1. The van der Waals surface area contributed by atoms with Gasteiger partial charge >= 0.3 is 0 Å². The van der Waals surface area contributed by atoms with Gasteiger partial charge in [-0.25, -0.2) is 0 Å². The van der Waals surface area contributed by atoms with Gasteiger partial charge in [0.25, 0.3) is 0 Å². The first-order valence-electron chi connectivity index (χ1n) is 3.73. The Labute approximate surface area is 75.3 Å². The Morgan fingerprint density at radius 1 is 1.60 bits per heavy atom. The Bertz CT molecular complexity index is 120. The summed E-state index contributed by atoms with van der Waals surface area (Å²) in [4.78, 5) is 0. The summed E-state index contributed by atoms with van der Waals surface area (Å²) in [6.45, 7) is 0.139. The van der Waals surface area contributed by atoms with Crippen LogP contribution in [0.5, 0.6) is 0 Å². The van der Waals surface area contributed by atoms with Crippen molar-refractivity contribution in [2.75, 3.05) is 6.61 Å². The largest absolute Gasteiger partial charge is 0.394 e. The number of hydrogen-bond acceptors (Lipinski definition) is 2. The number of halogens is 1. The molecule has 1 aliphatic rings. The minimum absolute atomic E-state index is 0.139. The molecule has 0 aromatic heterocycles. The van der Waals surface area contributed by atoms with Gasteiger partial charge in [0.1, 0.15) is 0 Å². The van der Waals surface area contributed by atoms with Crippen molar-refractivity contribution in [2.24, 2.45) is 5.73 Å². The Morgan fingerprint density at radius 3 is 2.70 bits per heavy atom. The van der Waals surface area contributed by atoms with E-state index in [1.54, 1.807) is 0 Å². The van der Waals surface area contributed by atoms with Gasteiger partial charge in [0.2, 0.25) is 0 Å². The summed E-state index contributed by atoms with van der Waals surface area (Å²) in [6, 6.07) is 0. The predicted octanol–water partition coefficient (Wildman–Crippen LogP) is 1.05. The van der Waals surface area contributed by atoms with E-state index in [1.807, 2.05) is 0 Å². The van der Waals surface area contributed by atoms with E-state index in [0.717, 1.165) is 12.8 Å². The molecule has 3 N–H and O–H groups in total. The lowest BCUT2D eigenvalue weighted by atomic mass is 9.83. The van der Waals surface area contributed by atoms with Crippen LogP contribution < -0.4 is 5.73 Å². The third-order valence-corrected chi connectivity index (χ3v) is 4.13. The Kier molecular flexibility index (Phi) is 2.94. The molecule has 0 spiro atoms. The molecular weight excluding hydrogens is 241 g/mol. The van der Waals surface area contributed by atoms with Gasteiger partial charge in [-0.2, -0.15) is 0 Å². The van der Waals surface area contributed by atoms with E-state index in [1.165, 1.54) is 12.8 Å². The Morgan fingerprint density at radius 2 is 2.30 bits per heavy atom. The highest BCUT2D eigenvalue weighted by Crippen LogP contribution is 2.31. The lowest BCUT2D eigenvalue weighted by Gasteiger charge is -2.36. The molecule has 1 aliphatic carbocycles. The van der Waals surface area contributed by atoms with Crippen molar-refractivity contribution in [2.45, 2.75) is 35.1 Å². The van der Waals surface area contributed by atoms with Crippen LogP contribution in [0.3, 0.4) is 0 Å². The van der Waals surface area contributed by atoms with Crippen LogP contribution in [0, 0.1) is 0 Å². The minimum Gasteiger partial charge on any atom is -0.394 e. The molecule has 0 unspecified atom stereocenters. The molecule has 0 aromatic rings. The van der Waals surface area contributed by atoms with Gasteiger partial charge in [-0.15, -0.1) is 0 Å². The van der Waals surface area contributed by atoms with E-state index >= 15 is 0 Å². The Hall–Kier alpha value is 0.650. The minimum atomic E-state index is -0.279. The molecule has 0 saturated heterocycles. The second-order valence-electron chi connectivity index (χ2n) is 3.10. The van der Waals surface area contributed by atoms with Crippen LogP contribution in [0.25, 0.3) is 0 Å². The summed E-state index contributed by atoms with van der Waals surface area (Å²) in [5.41, 5.74) is 5.67. The summed E-state index contributed by atoms with van der Waals surface area (Å²) < 4.78 is 0.462. The van der Waals surface area contributed by atoms with E-state index in [2.05, 4.69) is 22.6 Å². The van der Waals surface area contributed by atoms with Gasteiger partial charge in [-0.05, 0) is 12.8 Å². The molecule has 2 nitrogen and oxygen atoms in total. The summed E-state index contributed by atoms with van der Waals surface area (Å²) in [6.07, 6.45) is 4.60. The van der Waals surface area contributed by atoms with E-state index in [0.29, 0.717) is 3.92 Å².